The van der Waals surface area contributed by atoms with Gasteiger partial charge in [0.2, 0.25) is 0 Å². The fourth-order valence-electron chi connectivity index (χ4n) is 2.09. The Morgan fingerprint density at radius 2 is 2.10 bits per heavy atom. The Morgan fingerprint density at radius 3 is 2.60 bits per heavy atom. The van der Waals surface area contributed by atoms with Crippen molar-refractivity contribution in [1.29, 1.82) is 0 Å². The molecule has 1 aliphatic heterocycles. The molecule has 1 amide bonds. The Morgan fingerprint density at radius 1 is 1.45 bits per heavy atom. The van der Waals surface area contributed by atoms with E-state index in [-0.39, 0.29) is 12.5 Å². The number of likely N-dealkylation sites (tertiary alicyclic amines) is 1. The van der Waals surface area contributed by atoms with Crippen molar-refractivity contribution in [3.63, 3.8) is 0 Å². The summed E-state index contributed by atoms with van der Waals surface area (Å²) in [5, 5.41) is 3.49. The van der Waals surface area contributed by atoms with Gasteiger partial charge in [0.1, 0.15) is 11.6 Å². The molecule has 20 heavy (non-hydrogen) atoms. The summed E-state index contributed by atoms with van der Waals surface area (Å²) >= 11 is 0. The molecule has 2 atom stereocenters. The van der Waals surface area contributed by atoms with Gasteiger partial charge in [0.05, 0.1) is 7.11 Å². The Balaban J connectivity index is 2.81. The van der Waals surface area contributed by atoms with E-state index in [2.05, 4.69) is 10.0 Å². The Labute approximate surface area is 117 Å². The summed E-state index contributed by atoms with van der Waals surface area (Å²) in [6.07, 6.45) is -0.151. The number of ether oxygens (including phenoxy) is 2. The van der Waals surface area contributed by atoms with E-state index in [4.69, 9.17) is 15.0 Å². The van der Waals surface area contributed by atoms with Crippen molar-refractivity contribution < 1.29 is 19.1 Å². The first-order chi connectivity index (χ1) is 9.28. The lowest BCUT2D eigenvalue weighted by molar-refractivity contribution is -0.145. The van der Waals surface area contributed by atoms with Gasteiger partial charge in [0.25, 0.3) is 0 Å². The van der Waals surface area contributed by atoms with Crippen LogP contribution in [0.25, 0.3) is 10.4 Å². The third-order valence-electron chi connectivity index (χ3n) is 2.89. The van der Waals surface area contributed by atoms with E-state index in [1.807, 2.05) is 0 Å². The molecule has 1 saturated heterocycles. The number of carbonyl (C=O) groups excluding carboxylic acids is 2. The second kappa shape index (κ2) is 6.47. The zero-order valence-electron chi connectivity index (χ0n) is 12.2. The molecule has 0 aromatic carbocycles. The molecule has 112 valence electrons. The summed E-state index contributed by atoms with van der Waals surface area (Å²) < 4.78 is 9.98. The lowest BCUT2D eigenvalue weighted by Crippen LogP contribution is -2.43. The van der Waals surface area contributed by atoms with Gasteiger partial charge < -0.3 is 9.47 Å². The first-order valence-electron chi connectivity index (χ1n) is 6.36. The number of hydrogen-bond acceptors (Lipinski definition) is 5. The highest BCUT2D eigenvalue weighted by Gasteiger charge is 2.41. The predicted molar refractivity (Wildman–Crippen MR) is 70.9 cm³/mol. The summed E-state index contributed by atoms with van der Waals surface area (Å²) in [5.74, 6) is -0.554. The van der Waals surface area contributed by atoms with Crippen LogP contribution >= 0.6 is 0 Å². The van der Waals surface area contributed by atoms with Crippen molar-refractivity contribution in [3.05, 3.63) is 10.4 Å². The topological polar surface area (TPSA) is 105 Å². The van der Waals surface area contributed by atoms with Crippen molar-refractivity contribution in [2.75, 3.05) is 20.2 Å². The largest absolute Gasteiger partial charge is 0.467 e. The number of nitrogens with zero attached hydrogens (tertiary/aromatic N) is 4. The monoisotopic (exact) mass is 284 g/mol. The van der Waals surface area contributed by atoms with Gasteiger partial charge in [-0.3, -0.25) is 4.90 Å². The first kappa shape index (κ1) is 16.1. The molecule has 0 bridgehead atoms. The molecule has 0 unspecified atom stereocenters. The quantitative estimate of drug-likeness (QED) is 0.342. The van der Waals surface area contributed by atoms with Gasteiger partial charge in [-0.1, -0.05) is 5.11 Å². The Bertz CT molecular complexity index is 426. The maximum Gasteiger partial charge on any atom is 0.411 e. The number of esters is 1. The highest BCUT2D eigenvalue weighted by Crippen LogP contribution is 2.26. The van der Waals surface area contributed by atoms with Crippen molar-refractivity contribution in [3.8, 4) is 0 Å². The van der Waals surface area contributed by atoms with E-state index in [0.29, 0.717) is 13.0 Å². The van der Waals surface area contributed by atoms with Crippen LogP contribution < -0.4 is 0 Å². The number of methoxy groups -OCH3 is 1. The van der Waals surface area contributed by atoms with Gasteiger partial charge >= 0.3 is 12.1 Å². The van der Waals surface area contributed by atoms with Crippen LogP contribution in [0.2, 0.25) is 0 Å². The standard InChI is InChI=1S/C12H20N4O4/c1-12(2,3)20-11(18)16-7-8(6-14-15-13)5-9(16)10(17)19-4/h8-9H,5-7H2,1-4H3/t8-,9+/m1/s1. The van der Waals surface area contributed by atoms with Crippen molar-refractivity contribution in [2.24, 2.45) is 11.0 Å². The summed E-state index contributed by atoms with van der Waals surface area (Å²) in [7, 11) is 1.27. The van der Waals surface area contributed by atoms with Crippen LogP contribution in [0.1, 0.15) is 27.2 Å². The molecule has 0 radical (unpaired) electrons. The summed E-state index contributed by atoms with van der Waals surface area (Å²) in [5.41, 5.74) is 7.70. The molecule has 0 aromatic rings. The molecule has 1 rings (SSSR count). The molecule has 0 aromatic heterocycles. The van der Waals surface area contributed by atoms with Crippen LogP contribution in [0.5, 0.6) is 0 Å². The molecule has 1 fully saturated rings. The second-order valence-electron chi connectivity index (χ2n) is 5.69. The van der Waals surface area contributed by atoms with Crippen molar-refractivity contribution >= 4 is 12.1 Å². The van der Waals surface area contributed by atoms with Gasteiger partial charge in [0, 0.05) is 18.0 Å². The van der Waals surface area contributed by atoms with E-state index in [1.54, 1.807) is 20.8 Å². The average molecular weight is 284 g/mol. The summed E-state index contributed by atoms with van der Waals surface area (Å²) in [6, 6.07) is -0.686. The highest BCUT2D eigenvalue weighted by molar-refractivity contribution is 5.82. The minimum absolute atomic E-state index is 0.0671. The van der Waals surface area contributed by atoms with Crippen LogP contribution in [0.15, 0.2) is 5.11 Å². The highest BCUT2D eigenvalue weighted by atomic mass is 16.6. The van der Waals surface area contributed by atoms with Crippen LogP contribution in [0.4, 0.5) is 4.79 Å². The fourth-order valence-corrected chi connectivity index (χ4v) is 2.09. The molecule has 0 N–H and O–H groups in total. The van der Waals surface area contributed by atoms with Gasteiger partial charge in [-0.15, -0.1) is 0 Å². The van der Waals surface area contributed by atoms with Crippen LogP contribution in [-0.2, 0) is 14.3 Å². The zero-order chi connectivity index (χ0) is 15.3. The third kappa shape index (κ3) is 4.31. The van der Waals surface area contributed by atoms with E-state index in [9.17, 15) is 9.59 Å². The van der Waals surface area contributed by atoms with Crippen LogP contribution in [0, 0.1) is 5.92 Å². The SMILES string of the molecule is COC(=O)[C@@H]1C[C@H](CN=[N+]=[N-])CN1C(=O)OC(C)(C)C. The number of hydrogen-bond donors (Lipinski definition) is 0. The third-order valence-corrected chi connectivity index (χ3v) is 2.89. The second-order valence-corrected chi connectivity index (χ2v) is 5.69. The molecular weight excluding hydrogens is 264 g/mol. The molecule has 0 aliphatic carbocycles. The van der Waals surface area contributed by atoms with Crippen molar-refractivity contribution in [1.82, 2.24) is 4.90 Å². The molecule has 1 aliphatic rings. The summed E-state index contributed by atoms with van der Waals surface area (Å²) in [6.45, 7) is 5.82. The minimum atomic E-state index is -0.686. The van der Waals surface area contributed by atoms with Gasteiger partial charge in [-0.2, -0.15) is 0 Å². The number of carbonyl (C=O) groups is 2. The Hall–Kier alpha value is -1.95. The number of rotatable bonds is 3. The van der Waals surface area contributed by atoms with Crippen LogP contribution in [0.3, 0.4) is 0 Å². The van der Waals surface area contributed by atoms with Gasteiger partial charge in [-0.25, -0.2) is 9.59 Å². The number of azide groups is 1. The van der Waals surface area contributed by atoms with E-state index < -0.39 is 23.7 Å². The molecule has 8 nitrogen and oxygen atoms in total. The number of amides is 1. The van der Waals surface area contributed by atoms with Crippen molar-refractivity contribution in [2.45, 2.75) is 38.8 Å². The smallest absolute Gasteiger partial charge is 0.411 e. The van der Waals surface area contributed by atoms with Gasteiger partial charge in [-0.05, 0) is 38.6 Å². The summed E-state index contributed by atoms with van der Waals surface area (Å²) in [4.78, 5) is 27.9. The molecule has 8 heteroatoms. The first-order valence-corrected chi connectivity index (χ1v) is 6.36. The predicted octanol–water partition coefficient (Wildman–Crippen LogP) is 2.10. The van der Waals surface area contributed by atoms with E-state index in [1.165, 1.54) is 12.0 Å². The van der Waals surface area contributed by atoms with E-state index >= 15 is 0 Å². The lowest BCUT2D eigenvalue weighted by Gasteiger charge is -2.27. The van der Waals surface area contributed by atoms with Gasteiger partial charge in [0.15, 0.2) is 0 Å². The zero-order valence-corrected chi connectivity index (χ0v) is 12.2. The average Bonchev–Trinajstić information content (AvgIpc) is 2.77. The van der Waals surface area contributed by atoms with Crippen LogP contribution in [-0.4, -0.2) is 48.8 Å². The molecule has 0 saturated carbocycles. The normalized spacial score (nSPS) is 22.1. The minimum Gasteiger partial charge on any atom is -0.467 e. The fraction of sp³-hybridized carbons (Fsp3) is 0.833. The lowest BCUT2D eigenvalue weighted by atomic mass is 10.1. The maximum absolute atomic E-state index is 12.1. The maximum atomic E-state index is 12.1. The molecule has 1 heterocycles. The molecular formula is C12H20N4O4. The van der Waals surface area contributed by atoms with E-state index in [0.717, 1.165) is 0 Å². The molecule has 0 spiro atoms. The Kier molecular flexibility index (Phi) is 5.21.